The van der Waals surface area contributed by atoms with Gasteiger partial charge in [-0.05, 0) is 24.3 Å². The first-order chi connectivity index (χ1) is 10.1. The van der Waals surface area contributed by atoms with Crippen LogP contribution in [-0.4, -0.2) is 18.2 Å². The van der Waals surface area contributed by atoms with Crippen molar-refractivity contribution in [2.75, 3.05) is 11.4 Å². The zero-order valence-electron chi connectivity index (χ0n) is 11.0. The van der Waals surface area contributed by atoms with Gasteiger partial charge in [0.05, 0.1) is 21.3 Å². The molecule has 0 spiro atoms. The van der Waals surface area contributed by atoms with E-state index >= 15 is 0 Å². The van der Waals surface area contributed by atoms with Crippen LogP contribution in [0.1, 0.15) is 27.1 Å². The fourth-order valence-electron chi connectivity index (χ4n) is 2.46. The normalized spacial score (nSPS) is 14.0. The SMILES string of the molecule is O=C1CCN(C(=O)c2c(Cl)cccc2Cl)c2ccccc21. The first-order valence-electron chi connectivity index (χ1n) is 6.47. The van der Waals surface area contributed by atoms with Gasteiger partial charge in [-0.15, -0.1) is 0 Å². The van der Waals surface area contributed by atoms with Crippen molar-refractivity contribution in [1.82, 2.24) is 0 Å². The van der Waals surface area contributed by atoms with E-state index in [9.17, 15) is 9.59 Å². The van der Waals surface area contributed by atoms with E-state index < -0.39 is 0 Å². The quantitative estimate of drug-likeness (QED) is 0.789. The van der Waals surface area contributed by atoms with E-state index in [2.05, 4.69) is 0 Å². The maximum Gasteiger partial charge on any atom is 0.261 e. The number of hydrogen-bond donors (Lipinski definition) is 0. The lowest BCUT2D eigenvalue weighted by Gasteiger charge is -2.29. The minimum atomic E-state index is -0.287. The molecule has 0 aliphatic carbocycles. The van der Waals surface area contributed by atoms with Crippen molar-refractivity contribution in [3.63, 3.8) is 0 Å². The highest BCUT2D eigenvalue weighted by Crippen LogP contribution is 2.32. The fraction of sp³-hybridized carbons (Fsp3) is 0.125. The summed E-state index contributed by atoms with van der Waals surface area (Å²) in [6.45, 7) is 0.330. The molecule has 5 heteroatoms. The Balaban J connectivity index is 2.08. The fourth-order valence-corrected chi connectivity index (χ4v) is 3.02. The first kappa shape index (κ1) is 14.1. The molecule has 0 fully saturated rings. The molecule has 3 rings (SSSR count). The highest BCUT2D eigenvalue weighted by Gasteiger charge is 2.29. The molecule has 21 heavy (non-hydrogen) atoms. The summed E-state index contributed by atoms with van der Waals surface area (Å²) in [7, 11) is 0. The van der Waals surface area contributed by atoms with Crippen LogP contribution in [0.5, 0.6) is 0 Å². The molecule has 3 nitrogen and oxygen atoms in total. The maximum absolute atomic E-state index is 12.8. The molecule has 0 saturated heterocycles. The van der Waals surface area contributed by atoms with Gasteiger partial charge in [-0.2, -0.15) is 0 Å². The molecule has 0 unspecified atom stereocenters. The van der Waals surface area contributed by atoms with Gasteiger partial charge < -0.3 is 4.90 Å². The summed E-state index contributed by atoms with van der Waals surface area (Å²) in [4.78, 5) is 26.2. The van der Waals surface area contributed by atoms with E-state index in [4.69, 9.17) is 23.2 Å². The van der Waals surface area contributed by atoms with Crippen molar-refractivity contribution in [2.45, 2.75) is 6.42 Å². The Morgan fingerprint density at radius 1 is 1.00 bits per heavy atom. The van der Waals surface area contributed by atoms with Crippen molar-refractivity contribution in [3.8, 4) is 0 Å². The van der Waals surface area contributed by atoms with E-state index in [0.717, 1.165) is 0 Å². The van der Waals surface area contributed by atoms with Crippen LogP contribution in [0.2, 0.25) is 10.0 Å². The third-order valence-corrected chi connectivity index (χ3v) is 4.11. The number of Topliss-reactive ketones (excluding diaryl/α,β-unsaturated/α-hetero) is 1. The van der Waals surface area contributed by atoms with E-state index in [0.29, 0.717) is 34.3 Å². The molecule has 0 radical (unpaired) electrons. The number of para-hydroxylation sites is 1. The largest absolute Gasteiger partial charge is 0.307 e. The van der Waals surface area contributed by atoms with Crippen LogP contribution in [-0.2, 0) is 0 Å². The Bertz CT molecular complexity index is 723. The van der Waals surface area contributed by atoms with Crippen LogP contribution < -0.4 is 4.90 Å². The molecule has 0 saturated carbocycles. The standard InChI is InChI=1S/C16H11Cl2NO2/c17-11-5-3-6-12(18)15(11)16(21)19-9-8-14(20)10-4-1-2-7-13(10)19/h1-7H,8-9H2. The number of carbonyl (C=O) groups excluding carboxylic acids is 2. The molecule has 1 aliphatic heterocycles. The van der Waals surface area contributed by atoms with Crippen molar-refractivity contribution in [3.05, 3.63) is 63.6 Å². The smallest absolute Gasteiger partial charge is 0.261 e. The van der Waals surface area contributed by atoms with E-state index in [1.165, 1.54) is 0 Å². The molecule has 1 amide bonds. The summed E-state index contributed by atoms with van der Waals surface area (Å²) in [6, 6.07) is 12.0. The molecule has 1 aliphatic rings. The van der Waals surface area contributed by atoms with Gasteiger partial charge in [0, 0.05) is 18.5 Å². The maximum atomic E-state index is 12.8. The van der Waals surface area contributed by atoms with Crippen LogP contribution in [0.15, 0.2) is 42.5 Å². The van der Waals surface area contributed by atoms with Gasteiger partial charge in [-0.25, -0.2) is 0 Å². The predicted molar refractivity (Wildman–Crippen MR) is 83.5 cm³/mol. The van der Waals surface area contributed by atoms with Gasteiger partial charge in [-0.3, -0.25) is 9.59 Å². The number of anilines is 1. The molecule has 2 aromatic carbocycles. The van der Waals surface area contributed by atoms with Crippen LogP contribution >= 0.6 is 23.2 Å². The van der Waals surface area contributed by atoms with Crippen molar-refractivity contribution < 1.29 is 9.59 Å². The van der Waals surface area contributed by atoms with Gasteiger partial charge in [-0.1, -0.05) is 41.4 Å². The molecule has 1 heterocycles. The van der Waals surface area contributed by atoms with Crippen LogP contribution in [0.3, 0.4) is 0 Å². The van der Waals surface area contributed by atoms with Crippen LogP contribution in [0, 0.1) is 0 Å². The summed E-state index contributed by atoms with van der Waals surface area (Å²) in [5.41, 5.74) is 1.43. The zero-order valence-corrected chi connectivity index (χ0v) is 12.5. The topological polar surface area (TPSA) is 37.4 Å². The number of halogens is 2. The summed E-state index contributed by atoms with van der Waals surface area (Å²) in [5, 5.41) is 0.615. The lowest BCUT2D eigenvalue weighted by atomic mass is 9.99. The van der Waals surface area contributed by atoms with E-state index in [1.807, 2.05) is 0 Å². The number of ketones is 1. The Morgan fingerprint density at radius 2 is 1.67 bits per heavy atom. The van der Waals surface area contributed by atoms with Crippen molar-refractivity contribution in [1.29, 1.82) is 0 Å². The molecule has 0 bridgehead atoms. The number of benzene rings is 2. The second-order valence-electron chi connectivity index (χ2n) is 4.74. The lowest BCUT2D eigenvalue weighted by Crippen LogP contribution is -2.37. The van der Waals surface area contributed by atoms with Crippen LogP contribution in [0.25, 0.3) is 0 Å². The number of fused-ring (bicyclic) bond motifs is 1. The van der Waals surface area contributed by atoms with Crippen LogP contribution in [0.4, 0.5) is 5.69 Å². The second-order valence-corrected chi connectivity index (χ2v) is 5.56. The lowest BCUT2D eigenvalue weighted by molar-refractivity contribution is 0.0955. The zero-order chi connectivity index (χ0) is 15.0. The van der Waals surface area contributed by atoms with E-state index in [-0.39, 0.29) is 17.3 Å². The number of nitrogens with zero attached hydrogens (tertiary/aromatic N) is 1. The number of hydrogen-bond acceptors (Lipinski definition) is 2. The average Bonchev–Trinajstić information content (AvgIpc) is 2.47. The molecule has 106 valence electrons. The second kappa shape index (κ2) is 5.51. The van der Waals surface area contributed by atoms with E-state index in [1.54, 1.807) is 47.4 Å². The minimum Gasteiger partial charge on any atom is -0.307 e. The van der Waals surface area contributed by atoms with Gasteiger partial charge in [0.1, 0.15) is 0 Å². The first-order valence-corrected chi connectivity index (χ1v) is 7.23. The molecule has 0 aromatic heterocycles. The molecule has 0 N–H and O–H groups in total. The average molecular weight is 320 g/mol. The number of rotatable bonds is 1. The van der Waals surface area contributed by atoms with Crippen molar-refractivity contribution in [2.24, 2.45) is 0 Å². The van der Waals surface area contributed by atoms with Crippen molar-refractivity contribution >= 4 is 40.6 Å². The minimum absolute atomic E-state index is 0.0416. The third kappa shape index (κ3) is 2.43. The molecule has 0 atom stereocenters. The molecule has 2 aromatic rings. The Labute approximate surface area is 132 Å². The Hall–Kier alpha value is -1.84. The summed E-state index contributed by atoms with van der Waals surface area (Å²) < 4.78 is 0. The monoisotopic (exact) mass is 319 g/mol. The van der Waals surface area contributed by atoms with Gasteiger partial charge in [0.15, 0.2) is 5.78 Å². The molecular formula is C16H11Cl2NO2. The van der Waals surface area contributed by atoms with Gasteiger partial charge >= 0.3 is 0 Å². The van der Waals surface area contributed by atoms with Gasteiger partial charge in [0.2, 0.25) is 0 Å². The highest BCUT2D eigenvalue weighted by atomic mass is 35.5. The number of carbonyl (C=O) groups is 2. The summed E-state index contributed by atoms with van der Waals surface area (Å²) in [5.74, 6) is -0.245. The predicted octanol–water partition coefficient (Wildman–Crippen LogP) is 4.23. The third-order valence-electron chi connectivity index (χ3n) is 3.48. The summed E-state index contributed by atoms with van der Waals surface area (Å²) in [6.07, 6.45) is 0.296. The number of amides is 1. The Kier molecular flexibility index (Phi) is 3.70. The Morgan fingerprint density at radius 3 is 2.38 bits per heavy atom. The molecular weight excluding hydrogens is 309 g/mol. The van der Waals surface area contributed by atoms with Gasteiger partial charge in [0.25, 0.3) is 5.91 Å². The highest BCUT2D eigenvalue weighted by molar-refractivity contribution is 6.40. The summed E-state index contributed by atoms with van der Waals surface area (Å²) >= 11 is 12.2.